The minimum Gasteiger partial charge on any atom is -0.496 e. The van der Waals surface area contributed by atoms with Gasteiger partial charge in [0.15, 0.2) is 5.82 Å². The number of ether oxygens (including phenoxy) is 3. The summed E-state index contributed by atoms with van der Waals surface area (Å²) >= 11 is 0. The van der Waals surface area contributed by atoms with Crippen molar-refractivity contribution in [1.29, 1.82) is 0 Å². The predicted octanol–water partition coefficient (Wildman–Crippen LogP) is 4.89. The Bertz CT molecular complexity index is 1210. The SMILES string of the molecule is COC(=O)c1cc(F)c(-c2c(C)cc(C)cc2OC)nc1NC(=O)[C@@H]1CCCN(C(=O)OC(C)(C)C)C1. The van der Waals surface area contributed by atoms with E-state index >= 15 is 4.39 Å². The van der Waals surface area contributed by atoms with E-state index in [1.54, 1.807) is 33.8 Å². The van der Waals surface area contributed by atoms with Gasteiger partial charge in [-0.1, -0.05) is 6.07 Å². The van der Waals surface area contributed by atoms with Gasteiger partial charge >= 0.3 is 12.1 Å². The molecule has 2 heterocycles. The van der Waals surface area contributed by atoms with Gasteiger partial charge in [-0.05, 0) is 70.7 Å². The molecule has 1 saturated heterocycles. The fourth-order valence-electron chi connectivity index (χ4n) is 4.32. The number of nitrogens with zero attached hydrogens (tertiary/aromatic N) is 2. The Labute approximate surface area is 216 Å². The van der Waals surface area contributed by atoms with Crippen LogP contribution in [0.2, 0.25) is 0 Å². The average molecular weight is 516 g/mol. The molecule has 3 rings (SSSR count). The Balaban J connectivity index is 1.96. The largest absolute Gasteiger partial charge is 0.496 e. The van der Waals surface area contributed by atoms with Crippen molar-refractivity contribution in [3.05, 3.63) is 40.7 Å². The first kappa shape index (κ1) is 27.9. The van der Waals surface area contributed by atoms with Gasteiger partial charge in [0.05, 0.1) is 20.1 Å². The lowest BCUT2D eigenvalue weighted by Crippen LogP contribution is -2.45. The number of likely N-dealkylation sites (tertiary alicyclic amines) is 1. The fraction of sp³-hybridized carbons (Fsp3) is 0.481. The smallest absolute Gasteiger partial charge is 0.410 e. The molecule has 2 amide bonds. The van der Waals surface area contributed by atoms with Crippen LogP contribution in [0.15, 0.2) is 18.2 Å². The molecule has 37 heavy (non-hydrogen) atoms. The van der Waals surface area contributed by atoms with E-state index < -0.39 is 35.3 Å². The molecule has 1 aromatic carbocycles. The van der Waals surface area contributed by atoms with Gasteiger partial charge in [-0.2, -0.15) is 0 Å². The molecular formula is C27H34FN3O6. The molecular weight excluding hydrogens is 481 g/mol. The molecule has 0 spiro atoms. The first-order valence-corrected chi connectivity index (χ1v) is 12.1. The highest BCUT2D eigenvalue weighted by molar-refractivity contribution is 6.01. The van der Waals surface area contributed by atoms with Crippen molar-refractivity contribution < 1.29 is 33.0 Å². The van der Waals surface area contributed by atoms with Crippen LogP contribution in [-0.4, -0.2) is 60.8 Å². The number of pyridine rings is 1. The van der Waals surface area contributed by atoms with Crippen molar-refractivity contribution in [2.45, 2.75) is 53.1 Å². The molecule has 0 unspecified atom stereocenters. The standard InChI is InChI=1S/C27H34FN3O6/c1-15-11-16(2)21(20(12-15)35-6)22-19(28)13-18(25(33)36-7)23(29-22)30-24(32)17-9-8-10-31(14-17)26(34)37-27(3,4)5/h11-13,17H,8-10,14H2,1-7H3,(H,29,30,32)/t17-/m1/s1. The number of benzene rings is 1. The molecule has 1 fully saturated rings. The third-order valence-corrected chi connectivity index (χ3v) is 5.97. The van der Waals surface area contributed by atoms with E-state index in [-0.39, 0.29) is 23.6 Å². The molecule has 1 N–H and O–H groups in total. The van der Waals surface area contributed by atoms with E-state index in [4.69, 9.17) is 14.2 Å². The second-order valence-corrected chi connectivity index (χ2v) is 10.1. The van der Waals surface area contributed by atoms with Crippen LogP contribution >= 0.6 is 0 Å². The van der Waals surface area contributed by atoms with Crippen molar-refractivity contribution in [2.24, 2.45) is 5.92 Å². The van der Waals surface area contributed by atoms with Crippen LogP contribution in [0.25, 0.3) is 11.3 Å². The van der Waals surface area contributed by atoms with Crippen LogP contribution in [0, 0.1) is 25.6 Å². The van der Waals surface area contributed by atoms with Gasteiger partial charge in [0.25, 0.3) is 0 Å². The molecule has 0 aliphatic carbocycles. The highest BCUT2D eigenvalue weighted by atomic mass is 19.1. The minimum absolute atomic E-state index is 0.0728. The summed E-state index contributed by atoms with van der Waals surface area (Å²) in [6.07, 6.45) is 0.630. The Hall–Kier alpha value is -3.69. The summed E-state index contributed by atoms with van der Waals surface area (Å²) in [6.45, 7) is 9.62. The van der Waals surface area contributed by atoms with Gasteiger partial charge in [0.1, 0.15) is 28.4 Å². The summed E-state index contributed by atoms with van der Waals surface area (Å²) in [5.41, 5.74) is 1.09. The van der Waals surface area contributed by atoms with Gasteiger partial charge in [0, 0.05) is 18.7 Å². The molecule has 1 aliphatic heterocycles. The third kappa shape index (κ3) is 6.55. The van der Waals surface area contributed by atoms with Gasteiger partial charge in [-0.3, -0.25) is 4.79 Å². The van der Waals surface area contributed by atoms with Crippen molar-refractivity contribution in [1.82, 2.24) is 9.88 Å². The summed E-state index contributed by atoms with van der Waals surface area (Å²) in [6, 6.07) is 4.61. The normalized spacial score (nSPS) is 15.7. The number of hydrogen-bond acceptors (Lipinski definition) is 7. The Kier molecular flexibility index (Phi) is 8.40. The Morgan fingerprint density at radius 3 is 2.46 bits per heavy atom. The number of hydrogen-bond donors (Lipinski definition) is 1. The van der Waals surface area contributed by atoms with Crippen LogP contribution in [0.4, 0.5) is 15.0 Å². The number of aromatic nitrogens is 1. The number of carbonyl (C=O) groups is 3. The molecule has 10 heteroatoms. The number of carbonyl (C=O) groups excluding carboxylic acids is 3. The van der Waals surface area contributed by atoms with Crippen molar-refractivity contribution in [2.75, 3.05) is 32.6 Å². The minimum atomic E-state index is -0.847. The summed E-state index contributed by atoms with van der Waals surface area (Å²) in [5.74, 6) is -2.36. The number of rotatable bonds is 5. The van der Waals surface area contributed by atoms with E-state index in [2.05, 4.69) is 10.3 Å². The van der Waals surface area contributed by atoms with E-state index in [1.807, 2.05) is 13.0 Å². The van der Waals surface area contributed by atoms with Gasteiger partial charge < -0.3 is 24.4 Å². The zero-order valence-electron chi connectivity index (χ0n) is 22.4. The van der Waals surface area contributed by atoms with Crippen LogP contribution < -0.4 is 10.1 Å². The molecule has 2 aromatic rings. The lowest BCUT2D eigenvalue weighted by molar-refractivity contribution is -0.121. The van der Waals surface area contributed by atoms with Crippen molar-refractivity contribution >= 4 is 23.8 Å². The van der Waals surface area contributed by atoms with E-state index in [1.165, 1.54) is 12.0 Å². The summed E-state index contributed by atoms with van der Waals surface area (Å²) in [7, 11) is 2.63. The quantitative estimate of drug-likeness (QED) is 0.565. The number of aryl methyl sites for hydroxylation is 2. The zero-order chi connectivity index (χ0) is 27.5. The average Bonchev–Trinajstić information content (AvgIpc) is 2.83. The topological polar surface area (TPSA) is 107 Å². The number of piperidine rings is 1. The molecule has 1 aromatic heterocycles. The molecule has 0 radical (unpaired) electrons. The second-order valence-electron chi connectivity index (χ2n) is 10.1. The first-order chi connectivity index (χ1) is 17.3. The maximum Gasteiger partial charge on any atom is 0.410 e. The predicted molar refractivity (Wildman–Crippen MR) is 136 cm³/mol. The Morgan fingerprint density at radius 1 is 1.14 bits per heavy atom. The Morgan fingerprint density at radius 2 is 1.84 bits per heavy atom. The van der Waals surface area contributed by atoms with Crippen LogP contribution in [0.1, 0.15) is 55.1 Å². The van der Waals surface area contributed by atoms with Gasteiger partial charge in [0.2, 0.25) is 5.91 Å². The highest BCUT2D eigenvalue weighted by Gasteiger charge is 2.32. The molecule has 9 nitrogen and oxygen atoms in total. The number of methoxy groups -OCH3 is 2. The number of halogens is 1. The number of anilines is 1. The third-order valence-electron chi connectivity index (χ3n) is 5.97. The summed E-state index contributed by atoms with van der Waals surface area (Å²) in [5, 5.41) is 2.67. The molecule has 200 valence electrons. The fourth-order valence-corrected chi connectivity index (χ4v) is 4.32. The first-order valence-electron chi connectivity index (χ1n) is 12.1. The number of amides is 2. The monoisotopic (exact) mass is 515 g/mol. The molecule has 1 atom stereocenters. The maximum atomic E-state index is 15.3. The lowest BCUT2D eigenvalue weighted by atomic mass is 9.97. The van der Waals surface area contributed by atoms with E-state index in [0.29, 0.717) is 36.3 Å². The van der Waals surface area contributed by atoms with Gasteiger partial charge in [-0.25, -0.2) is 19.0 Å². The van der Waals surface area contributed by atoms with Crippen molar-refractivity contribution in [3.63, 3.8) is 0 Å². The van der Waals surface area contributed by atoms with Gasteiger partial charge in [-0.15, -0.1) is 0 Å². The zero-order valence-corrected chi connectivity index (χ0v) is 22.4. The summed E-state index contributed by atoms with van der Waals surface area (Å²) in [4.78, 5) is 44.0. The molecule has 0 bridgehead atoms. The number of nitrogens with one attached hydrogen (secondary N) is 1. The molecule has 0 saturated carbocycles. The lowest BCUT2D eigenvalue weighted by Gasteiger charge is -2.33. The second kappa shape index (κ2) is 11.1. The van der Waals surface area contributed by atoms with Crippen LogP contribution in [0.5, 0.6) is 5.75 Å². The number of esters is 1. The maximum absolute atomic E-state index is 15.3. The van der Waals surface area contributed by atoms with Crippen LogP contribution in [-0.2, 0) is 14.3 Å². The van der Waals surface area contributed by atoms with Crippen LogP contribution in [0.3, 0.4) is 0 Å². The van der Waals surface area contributed by atoms with E-state index in [9.17, 15) is 14.4 Å². The summed E-state index contributed by atoms with van der Waals surface area (Å²) < 4.78 is 31.0. The van der Waals surface area contributed by atoms with E-state index in [0.717, 1.165) is 18.7 Å². The highest BCUT2D eigenvalue weighted by Crippen LogP contribution is 2.36. The molecule has 1 aliphatic rings. The van der Waals surface area contributed by atoms with Crippen molar-refractivity contribution in [3.8, 4) is 17.0 Å².